The molecule has 0 aliphatic carbocycles. The van der Waals surface area contributed by atoms with Gasteiger partial charge in [0, 0.05) is 25.7 Å². The maximum Gasteiger partial charge on any atom is 0.161 e. The SMILES string of the molecule is Cn1nc(-c2ccc(OCC(O)CNCC3COc4ccccc4O3)cc2)c2sccc21. The Labute approximate surface area is 190 Å². The quantitative estimate of drug-likeness (QED) is 0.427. The molecule has 2 unspecified atom stereocenters. The van der Waals surface area contributed by atoms with Crippen LogP contribution >= 0.6 is 11.3 Å². The summed E-state index contributed by atoms with van der Waals surface area (Å²) >= 11 is 1.69. The number of hydrogen-bond donors (Lipinski definition) is 2. The third kappa shape index (κ3) is 4.43. The normalized spacial score (nSPS) is 16.2. The summed E-state index contributed by atoms with van der Waals surface area (Å²) in [5, 5.41) is 20.2. The smallest absolute Gasteiger partial charge is 0.161 e. The molecule has 3 heterocycles. The molecule has 0 radical (unpaired) electrons. The minimum absolute atomic E-state index is 0.0908. The van der Waals surface area contributed by atoms with E-state index in [1.165, 1.54) is 4.70 Å². The number of benzene rings is 2. The number of aryl methyl sites for hydroxylation is 1. The Kier molecular flexibility index (Phi) is 5.98. The van der Waals surface area contributed by atoms with Gasteiger partial charge in [-0.3, -0.25) is 4.68 Å². The van der Waals surface area contributed by atoms with Gasteiger partial charge in [-0.1, -0.05) is 12.1 Å². The molecule has 7 nitrogen and oxygen atoms in total. The molecule has 0 amide bonds. The zero-order chi connectivity index (χ0) is 21.9. The fourth-order valence-electron chi connectivity index (χ4n) is 3.71. The second-order valence-electron chi connectivity index (χ2n) is 7.75. The summed E-state index contributed by atoms with van der Waals surface area (Å²) in [6.07, 6.45) is -0.722. The topological polar surface area (TPSA) is 77.8 Å². The number of fused-ring (bicyclic) bond motifs is 2. The number of para-hydroxylation sites is 2. The maximum atomic E-state index is 10.3. The van der Waals surface area contributed by atoms with Crippen LogP contribution in [0.15, 0.2) is 60.0 Å². The number of aliphatic hydroxyl groups excluding tert-OH is 1. The van der Waals surface area contributed by atoms with Crippen molar-refractivity contribution in [3.63, 3.8) is 0 Å². The van der Waals surface area contributed by atoms with Gasteiger partial charge in [-0.2, -0.15) is 5.10 Å². The lowest BCUT2D eigenvalue weighted by Crippen LogP contribution is -2.41. The number of aliphatic hydroxyl groups is 1. The molecular formula is C24H25N3O4S. The number of nitrogens with zero attached hydrogens (tertiary/aromatic N) is 2. The molecular weight excluding hydrogens is 426 g/mol. The number of aromatic nitrogens is 2. The van der Waals surface area contributed by atoms with E-state index in [2.05, 4.69) is 21.9 Å². The number of ether oxygens (including phenoxy) is 3. The highest BCUT2D eigenvalue weighted by atomic mass is 32.1. The maximum absolute atomic E-state index is 10.3. The highest BCUT2D eigenvalue weighted by molar-refractivity contribution is 7.17. The van der Waals surface area contributed by atoms with E-state index in [-0.39, 0.29) is 12.7 Å². The van der Waals surface area contributed by atoms with Crippen LogP contribution in [0, 0.1) is 0 Å². The van der Waals surface area contributed by atoms with Crippen LogP contribution in [0.5, 0.6) is 17.2 Å². The van der Waals surface area contributed by atoms with Crippen molar-refractivity contribution < 1.29 is 19.3 Å². The summed E-state index contributed by atoms with van der Waals surface area (Å²) in [6.45, 7) is 1.68. The largest absolute Gasteiger partial charge is 0.491 e. The summed E-state index contributed by atoms with van der Waals surface area (Å²) < 4.78 is 20.4. The Morgan fingerprint density at radius 2 is 2.00 bits per heavy atom. The van der Waals surface area contributed by atoms with Crippen LogP contribution in [0.1, 0.15) is 0 Å². The fourth-order valence-corrected chi connectivity index (χ4v) is 4.63. The molecule has 5 rings (SSSR count). The van der Waals surface area contributed by atoms with Crippen LogP contribution in [0.4, 0.5) is 0 Å². The van der Waals surface area contributed by atoms with Gasteiger partial charge in [0.2, 0.25) is 0 Å². The van der Waals surface area contributed by atoms with Crippen molar-refractivity contribution in [1.82, 2.24) is 15.1 Å². The first-order chi connectivity index (χ1) is 15.7. The van der Waals surface area contributed by atoms with E-state index in [9.17, 15) is 5.11 Å². The molecule has 2 N–H and O–H groups in total. The molecule has 0 fully saturated rings. The molecule has 2 atom stereocenters. The van der Waals surface area contributed by atoms with E-state index >= 15 is 0 Å². The molecule has 2 aromatic heterocycles. The minimum Gasteiger partial charge on any atom is -0.491 e. The first-order valence-electron chi connectivity index (χ1n) is 10.6. The first-order valence-corrected chi connectivity index (χ1v) is 11.5. The second-order valence-corrected chi connectivity index (χ2v) is 8.67. The molecule has 8 heteroatoms. The predicted octanol–water partition coefficient (Wildman–Crippen LogP) is 3.47. The number of nitrogens with one attached hydrogen (secondary N) is 1. The van der Waals surface area contributed by atoms with E-state index in [1.807, 2.05) is 60.3 Å². The molecule has 32 heavy (non-hydrogen) atoms. The Morgan fingerprint density at radius 1 is 1.19 bits per heavy atom. The Hall–Kier alpha value is -3.07. The van der Waals surface area contributed by atoms with Gasteiger partial charge in [0.1, 0.15) is 36.9 Å². The van der Waals surface area contributed by atoms with Gasteiger partial charge in [0.15, 0.2) is 11.5 Å². The van der Waals surface area contributed by atoms with Crippen LogP contribution < -0.4 is 19.5 Å². The standard InChI is InChI=1S/C24H25N3O4S/c1-27-20-10-11-32-24(20)23(26-27)16-6-8-18(9-7-16)29-14-17(28)12-25-13-19-15-30-21-4-2-3-5-22(21)31-19/h2-11,17,19,25,28H,12-15H2,1H3. The van der Waals surface area contributed by atoms with Crippen molar-refractivity contribution in [2.45, 2.75) is 12.2 Å². The van der Waals surface area contributed by atoms with Crippen molar-refractivity contribution in [2.75, 3.05) is 26.3 Å². The Bertz CT molecular complexity index is 1190. The van der Waals surface area contributed by atoms with Gasteiger partial charge in [-0.05, 0) is 47.8 Å². The van der Waals surface area contributed by atoms with Crippen molar-refractivity contribution in [2.24, 2.45) is 7.05 Å². The number of rotatable bonds is 8. The van der Waals surface area contributed by atoms with E-state index in [0.717, 1.165) is 28.3 Å². The Balaban J connectivity index is 1.08. The van der Waals surface area contributed by atoms with Gasteiger partial charge in [-0.15, -0.1) is 11.3 Å². The molecule has 2 aromatic carbocycles. The van der Waals surface area contributed by atoms with Crippen molar-refractivity contribution >= 4 is 21.6 Å². The average molecular weight is 452 g/mol. The van der Waals surface area contributed by atoms with Crippen LogP contribution in [-0.2, 0) is 7.05 Å². The first kappa shape index (κ1) is 20.8. The average Bonchev–Trinajstić information content (AvgIpc) is 3.42. The molecule has 0 saturated heterocycles. The zero-order valence-corrected chi connectivity index (χ0v) is 18.5. The lowest BCUT2D eigenvalue weighted by molar-refractivity contribution is 0.0778. The highest BCUT2D eigenvalue weighted by Crippen LogP contribution is 2.32. The number of hydrogen-bond acceptors (Lipinski definition) is 7. The van der Waals surface area contributed by atoms with Crippen molar-refractivity contribution in [3.8, 4) is 28.5 Å². The fraction of sp³-hybridized carbons (Fsp3) is 0.292. The van der Waals surface area contributed by atoms with E-state index in [1.54, 1.807) is 11.3 Å². The summed E-state index contributed by atoms with van der Waals surface area (Å²) in [5.41, 5.74) is 3.16. The summed E-state index contributed by atoms with van der Waals surface area (Å²) in [4.78, 5) is 0. The molecule has 166 valence electrons. The molecule has 1 aliphatic rings. The van der Waals surface area contributed by atoms with Gasteiger partial charge in [0.05, 0.1) is 10.2 Å². The van der Waals surface area contributed by atoms with E-state index < -0.39 is 6.10 Å². The lowest BCUT2D eigenvalue weighted by atomic mass is 10.1. The second kappa shape index (κ2) is 9.20. The molecule has 0 saturated carbocycles. The predicted molar refractivity (Wildman–Crippen MR) is 125 cm³/mol. The van der Waals surface area contributed by atoms with Gasteiger partial charge >= 0.3 is 0 Å². The minimum atomic E-state index is -0.631. The third-order valence-corrected chi connectivity index (χ3v) is 6.26. The van der Waals surface area contributed by atoms with Crippen LogP contribution in [0.25, 0.3) is 21.5 Å². The Morgan fingerprint density at radius 3 is 2.84 bits per heavy atom. The van der Waals surface area contributed by atoms with Gasteiger partial charge < -0.3 is 24.6 Å². The zero-order valence-electron chi connectivity index (χ0n) is 17.7. The van der Waals surface area contributed by atoms with Crippen molar-refractivity contribution in [1.29, 1.82) is 0 Å². The van der Waals surface area contributed by atoms with Gasteiger partial charge in [-0.25, -0.2) is 0 Å². The lowest BCUT2D eigenvalue weighted by Gasteiger charge is -2.27. The van der Waals surface area contributed by atoms with Crippen LogP contribution in [0.2, 0.25) is 0 Å². The summed E-state index contributed by atoms with van der Waals surface area (Å²) in [5.74, 6) is 2.24. The number of thiophene rings is 1. The van der Waals surface area contributed by atoms with Gasteiger partial charge in [0.25, 0.3) is 0 Å². The molecule has 0 bridgehead atoms. The molecule has 4 aromatic rings. The van der Waals surface area contributed by atoms with E-state index in [4.69, 9.17) is 14.2 Å². The van der Waals surface area contributed by atoms with Crippen molar-refractivity contribution in [3.05, 3.63) is 60.0 Å². The monoisotopic (exact) mass is 451 g/mol. The molecule has 0 spiro atoms. The van der Waals surface area contributed by atoms with Crippen LogP contribution in [-0.4, -0.2) is 53.4 Å². The van der Waals surface area contributed by atoms with E-state index in [0.29, 0.717) is 25.4 Å². The van der Waals surface area contributed by atoms with Crippen LogP contribution in [0.3, 0.4) is 0 Å². The molecule has 1 aliphatic heterocycles. The highest BCUT2D eigenvalue weighted by Gasteiger charge is 2.20. The third-order valence-electron chi connectivity index (χ3n) is 5.35. The summed E-state index contributed by atoms with van der Waals surface area (Å²) in [6, 6.07) is 17.5. The summed E-state index contributed by atoms with van der Waals surface area (Å²) in [7, 11) is 1.96.